The van der Waals surface area contributed by atoms with Gasteiger partial charge in [-0.1, -0.05) is 32.3 Å². The van der Waals surface area contributed by atoms with Gasteiger partial charge in [0.05, 0.1) is 26.9 Å². The molecule has 2 aliphatic carbocycles. The van der Waals surface area contributed by atoms with Gasteiger partial charge in [0.15, 0.2) is 0 Å². The van der Waals surface area contributed by atoms with Gasteiger partial charge in [0, 0.05) is 25.1 Å². The van der Waals surface area contributed by atoms with Crippen molar-refractivity contribution in [2.24, 2.45) is 5.92 Å². The zero-order chi connectivity index (χ0) is 18.4. The number of benzene rings is 1. The van der Waals surface area contributed by atoms with Gasteiger partial charge in [-0.3, -0.25) is 0 Å². The minimum atomic E-state index is 0.166. The van der Waals surface area contributed by atoms with Gasteiger partial charge in [-0.15, -0.1) is 0 Å². The molecule has 26 heavy (non-hydrogen) atoms. The number of ether oxygens (including phenoxy) is 3. The third-order valence-electron chi connectivity index (χ3n) is 6.39. The molecule has 0 aliphatic heterocycles. The molecule has 1 aromatic rings. The number of nitrogens with one attached hydrogen (secondary N) is 1. The van der Waals surface area contributed by atoms with Crippen molar-refractivity contribution in [1.82, 2.24) is 5.32 Å². The first kappa shape index (κ1) is 19.7. The van der Waals surface area contributed by atoms with E-state index < -0.39 is 0 Å². The van der Waals surface area contributed by atoms with E-state index in [9.17, 15) is 0 Å². The van der Waals surface area contributed by atoms with Crippen LogP contribution in [0.2, 0.25) is 0 Å². The Morgan fingerprint density at radius 2 is 2.00 bits per heavy atom. The summed E-state index contributed by atoms with van der Waals surface area (Å²) >= 11 is 0. The summed E-state index contributed by atoms with van der Waals surface area (Å²) in [7, 11) is 3.48. The van der Waals surface area contributed by atoms with Crippen molar-refractivity contribution >= 4 is 0 Å². The topological polar surface area (TPSA) is 39.7 Å². The average Bonchev–Trinajstić information content (AvgIpc) is 2.65. The lowest BCUT2D eigenvalue weighted by Gasteiger charge is -2.49. The zero-order valence-electron chi connectivity index (χ0n) is 16.7. The van der Waals surface area contributed by atoms with E-state index in [2.05, 4.69) is 30.4 Å². The predicted octanol–water partition coefficient (Wildman–Crippen LogP) is 3.71. The lowest BCUT2D eigenvalue weighted by atomic mass is 9.59. The van der Waals surface area contributed by atoms with E-state index in [-0.39, 0.29) is 5.41 Å². The quantitative estimate of drug-likeness (QED) is 0.717. The molecule has 1 aromatic carbocycles. The molecular formula is C22H35NO3. The summed E-state index contributed by atoms with van der Waals surface area (Å²) in [6, 6.07) is 7.22. The Morgan fingerprint density at radius 1 is 1.12 bits per heavy atom. The second-order valence-corrected chi connectivity index (χ2v) is 8.04. The van der Waals surface area contributed by atoms with Crippen LogP contribution in [-0.4, -0.2) is 46.6 Å². The highest BCUT2D eigenvalue weighted by atomic mass is 16.5. The Bertz CT molecular complexity index is 577. The number of hydrogen-bond donors (Lipinski definition) is 1. The van der Waals surface area contributed by atoms with Crippen molar-refractivity contribution in [2.75, 3.05) is 40.6 Å². The van der Waals surface area contributed by atoms with Crippen molar-refractivity contribution in [3.05, 3.63) is 29.3 Å². The molecule has 0 radical (unpaired) electrons. The molecule has 146 valence electrons. The number of methoxy groups -OCH3 is 2. The van der Waals surface area contributed by atoms with E-state index in [4.69, 9.17) is 14.2 Å². The van der Waals surface area contributed by atoms with Crippen molar-refractivity contribution in [3.8, 4) is 5.75 Å². The number of fused-ring (bicyclic) bond motifs is 4. The summed E-state index contributed by atoms with van der Waals surface area (Å²) in [6.07, 6.45) is 7.77. The fourth-order valence-electron chi connectivity index (χ4n) is 5.04. The van der Waals surface area contributed by atoms with Crippen LogP contribution in [0.5, 0.6) is 5.75 Å². The van der Waals surface area contributed by atoms with Crippen LogP contribution in [-0.2, 0) is 21.3 Å². The van der Waals surface area contributed by atoms with Gasteiger partial charge in [-0.2, -0.15) is 0 Å². The molecule has 0 aromatic heterocycles. The largest absolute Gasteiger partial charge is 0.497 e. The molecule has 1 saturated carbocycles. The van der Waals surface area contributed by atoms with Gasteiger partial charge in [-0.05, 0) is 48.4 Å². The Balaban J connectivity index is 1.77. The minimum Gasteiger partial charge on any atom is -0.497 e. The van der Waals surface area contributed by atoms with Crippen molar-refractivity contribution in [3.63, 3.8) is 0 Å². The van der Waals surface area contributed by atoms with Gasteiger partial charge in [0.1, 0.15) is 5.75 Å². The lowest BCUT2D eigenvalue weighted by molar-refractivity contribution is 0.0662. The van der Waals surface area contributed by atoms with E-state index in [1.807, 2.05) is 0 Å². The van der Waals surface area contributed by atoms with Crippen molar-refractivity contribution in [2.45, 2.75) is 56.9 Å². The molecule has 4 nitrogen and oxygen atoms in total. The van der Waals surface area contributed by atoms with Gasteiger partial charge in [0.2, 0.25) is 0 Å². The van der Waals surface area contributed by atoms with Gasteiger partial charge >= 0.3 is 0 Å². The molecule has 3 rings (SSSR count). The molecule has 1 N–H and O–H groups in total. The molecule has 1 fully saturated rings. The maximum absolute atomic E-state index is 5.67. The highest BCUT2D eigenvalue weighted by Crippen LogP contribution is 2.47. The Labute approximate surface area is 158 Å². The van der Waals surface area contributed by atoms with Crippen LogP contribution in [0.25, 0.3) is 0 Å². The van der Waals surface area contributed by atoms with E-state index in [0.29, 0.717) is 25.2 Å². The summed E-state index contributed by atoms with van der Waals surface area (Å²) in [4.78, 5) is 0. The molecule has 0 heterocycles. The maximum Gasteiger partial charge on any atom is 0.119 e. The van der Waals surface area contributed by atoms with Crippen LogP contribution < -0.4 is 10.1 Å². The average molecular weight is 362 g/mol. The van der Waals surface area contributed by atoms with E-state index in [1.54, 1.807) is 14.2 Å². The maximum atomic E-state index is 5.67. The molecule has 0 saturated heterocycles. The fourth-order valence-corrected chi connectivity index (χ4v) is 5.04. The van der Waals surface area contributed by atoms with Gasteiger partial charge in [-0.25, -0.2) is 0 Å². The van der Waals surface area contributed by atoms with Crippen LogP contribution in [0.3, 0.4) is 0 Å². The second-order valence-electron chi connectivity index (χ2n) is 8.04. The van der Waals surface area contributed by atoms with E-state index in [1.165, 1.54) is 49.7 Å². The summed E-state index contributed by atoms with van der Waals surface area (Å²) in [5.41, 5.74) is 3.18. The van der Waals surface area contributed by atoms with Crippen LogP contribution in [0.1, 0.15) is 50.2 Å². The third-order valence-corrected chi connectivity index (χ3v) is 6.39. The first-order valence-corrected chi connectivity index (χ1v) is 10.2. The second kappa shape index (κ2) is 9.20. The SMILES string of the molecule is COCCOCCN[C@H]1[C@H]2CCCCC[C@]1(C)c1cc(OC)ccc1C2. The Morgan fingerprint density at radius 3 is 2.81 bits per heavy atom. The molecule has 2 bridgehead atoms. The standard InChI is InChI=1S/C22H35NO3/c1-22-10-6-4-5-7-18(21(22)23-11-12-26-14-13-24-2)15-17-8-9-19(25-3)16-20(17)22/h8-9,16,18,21,23H,4-7,10-15H2,1-3H3/t18-,21-,22+/m0/s1. The highest BCUT2D eigenvalue weighted by molar-refractivity contribution is 5.44. The summed E-state index contributed by atoms with van der Waals surface area (Å²) in [5, 5.41) is 3.88. The van der Waals surface area contributed by atoms with Crippen LogP contribution >= 0.6 is 0 Å². The van der Waals surface area contributed by atoms with Gasteiger partial charge < -0.3 is 19.5 Å². The monoisotopic (exact) mass is 361 g/mol. The summed E-state index contributed by atoms with van der Waals surface area (Å²) in [6.45, 7) is 5.44. The molecular weight excluding hydrogens is 326 g/mol. The lowest BCUT2D eigenvalue weighted by Crippen LogP contribution is -2.56. The summed E-state index contributed by atoms with van der Waals surface area (Å²) < 4.78 is 16.3. The summed E-state index contributed by atoms with van der Waals surface area (Å²) in [5.74, 6) is 1.69. The molecule has 0 unspecified atom stereocenters. The molecule has 2 aliphatic rings. The molecule has 0 spiro atoms. The normalized spacial score (nSPS) is 28.1. The highest BCUT2D eigenvalue weighted by Gasteiger charge is 2.45. The van der Waals surface area contributed by atoms with Crippen LogP contribution in [0.15, 0.2) is 18.2 Å². The minimum absolute atomic E-state index is 0.166. The smallest absolute Gasteiger partial charge is 0.119 e. The van der Waals surface area contributed by atoms with Crippen LogP contribution in [0, 0.1) is 5.92 Å². The predicted molar refractivity (Wildman–Crippen MR) is 105 cm³/mol. The van der Waals surface area contributed by atoms with Gasteiger partial charge in [0.25, 0.3) is 0 Å². The van der Waals surface area contributed by atoms with Crippen molar-refractivity contribution < 1.29 is 14.2 Å². The van der Waals surface area contributed by atoms with Crippen molar-refractivity contribution in [1.29, 1.82) is 0 Å². The molecule has 4 heteroatoms. The first-order chi connectivity index (χ1) is 12.7. The Hall–Kier alpha value is -1.10. The molecule has 0 amide bonds. The fraction of sp³-hybridized carbons (Fsp3) is 0.727. The van der Waals surface area contributed by atoms with Crippen LogP contribution in [0.4, 0.5) is 0 Å². The van der Waals surface area contributed by atoms with E-state index >= 15 is 0 Å². The number of rotatable bonds is 8. The Kier molecular flexibility index (Phi) is 6.96. The first-order valence-electron chi connectivity index (χ1n) is 10.2. The van der Waals surface area contributed by atoms with E-state index in [0.717, 1.165) is 18.9 Å². The zero-order valence-corrected chi connectivity index (χ0v) is 16.7. The molecule has 3 atom stereocenters. The number of hydrogen-bond acceptors (Lipinski definition) is 4. The third kappa shape index (κ3) is 4.24.